The summed E-state index contributed by atoms with van der Waals surface area (Å²) in [6.07, 6.45) is 0. The molecule has 0 heterocycles. The number of hydrogen-bond donors (Lipinski definition) is 1. The summed E-state index contributed by atoms with van der Waals surface area (Å²) in [6, 6.07) is 9.32. The average molecular weight is 273 g/mol. The van der Waals surface area contributed by atoms with Crippen LogP contribution in [-0.2, 0) is 11.3 Å². The van der Waals surface area contributed by atoms with Gasteiger partial charge in [-0.05, 0) is 45.4 Å². The lowest BCUT2D eigenvalue weighted by Gasteiger charge is -2.39. The van der Waals surface area contributed by atoms with Crippen molar-refractivity contribution in [1.29, 1.82) is 5.26 Å². The number of nitrogens with two attached hydrogens (primary N) is 1. The molecule has 0 aromatic heterocycles. The first kappa shape index (κ1) is 16.2. The number of nitriles is 1. The van der Waals surface area contributed by atoms with E-state index < -0.39 is 11.0 Å². The van der Waals surface area contributed by atoms with Crippen LogP contribution in [0.25, 0.3) is 0 Å². The zero-order valence-electron chi connectivity index (χ0n) is 12.9. The van der Waals surface area contributed by atoms with E-state index in [0.29, 0.717) is 12.1 Å². The summed E-state index contributed by atoms with van der Waals surface area (Å²) in [5, 5.41) is 8.77. The summed E-state index contributed by atoms with van der Waals surface area (Å²) < 4.78 is 0. The van der Waals surface area contributed by atoms with E-state index in [4.69, 9.17) is 11.0 Å². The Bertz CT molecular complexity index is 518. The Morgan fingerprint density at radius 3 is 2.15 bits per heavy atom. The smallest absolute Gasteiger partial charge is 0.230 e. The van der Waals surface area contributed by atoms with Crippen LogP contribution in [0.1, 0.15) is 38.8 Å². The highest BCUT2D eigenvalue weighted by molar-refractivity contribution is 5.83. The molecular weight excluding hydrogens is 250 g/mol. The minimum atomic E-state index is -0.644. The molecule has 0 atom stereocenters. The van der Waals surface area contributed by atoms with E-state index in [9.17, 15) is 4.79 Å². The summed E-state index contributed by atoms with van der Waals surface area (Å²) >= 11 is 0. The first-order chi connectivity index (χ1) is 9.09. The lowest BCUT2D eigenvalue weighted by Crippen LogP contribution is -2.55. The summed E-state index contributed by atoms with van der Waals surface area (Å²) in [5.41, 5.74) is 6.47. The van der Waals surface area contributed by atoms with Crippen molar-refractivity contribution >= 4 is 5.91 Å². The van der Waals surface area contributed by atoms with Gasteiger partial charge in [-0.25, -0.2) is 0 Å². The van der Waals surface area contributed by atoms with Crippen LogP contribution in [0.15, 0.2) is 24.3 Å². The van der Waals surface area contributed by atoms with Crippen LogP contribution >= 0.6 is 0 Å². The second kappa shape index (κ2) is 5.64. The van der Waals surface area contributed by atoms with Gasteiger partial charge in [0, 0.05) is 19.1 Å². The van der Waals surface area contributed by atoms with E-state index in [0.717, 1.165) is 5.56 Å². The van der Waals surface area contributed by atoms with Gasteiger partial charge in [-0.3, -0.25) is 4.79 Å². The first-order valence-electron chi connectivity index (χ1n) is 6.63. The Hall–Kier alpha value is -1.86. The van der Waals surface area contributed by atoms with Gasteiger partial charge < -0.3 is 10.6 Å². The van der Waals surface area contributed by atoms with Crippen LogP contribution in [0, 0.1) is 16.7 Å². The molecule has 4 heteroatoms. The standard InChI is InChI=1S/C16H23N3O/c1-15(2,16(3,4)18)14(20)19(5)11-13-8-6-12(10-17)7-9-13/h6-9H,11,18H2,1-5H3. The molecule has 0 saturated carbocycles. The van der Waals surface area contributed by atoms with Gasteiger partial charge in [-0.15, -0.1) is 0 Å². The molecule has 4 nitrogen and oxygen atoms in total. The quantitative estimate of drug-likeness (QED) is 0.915. The molecule has 1 aromatic carbocycles. The van der Waals surface area contributed by atoms with Crippen LogP contribution < -0.4 is 5.73 Å². The molecule has 0 saturated heterocycles. The second-order valence-electron chi connectivity index (χ2n) is 6.32. The van der Waals surface area contributed by atoms with Crippen molar-refractivity contribution in [2.24, 2.45) is 11.1 Å². The van der Waals surface area contributed by atoms with Crippen molar-refractivity contribution in [3.05, 3.63) is 35.4 Å². The van der Waals surface area contributed by atoms with E-state index in [1.165, 1.54) is 0 Å². The Labute approximate surface area is 121 Å². The third-order valence-electron chi connectivity index (χ3n) is 3.99. The van der Waals surface area contributed by atoms with E-state index in [1.54, 1.807) is 24.1 Å². The Balaban J connectivity index is 2.83. The van der Waals surface area contributed by atoms with E-state index in [1.807, 2.05) is 39.8 Å². The number of benzene rings is 1. The molecule has 20 heavy (non-hydrogen) atoms. The number of hydrogen-bond acceptors (Lipinski definition) is 3. The Kier molecular flexibility index (Phi) is 4.57. The minimum absolute atomic E-state index is 0.00867. The molecular formula is C16H23N3O. The molecule has 0 unspecified atom stereocenters. The highest BCUT2D eigenvalue weighted by Crippen LogP contribution is 2.30. The summed E-state index contributed by atoms with van der Waals surface area (Å²) in [7, 11) is 1.77. The molecule has 0 aliphatic heterocycles. The number of nitrogens with zero attached hydrogens (tertiary/aromatic N) is 2. The van der Waals surface area contributed by atoms with Crippen LogP contribution in [0.4, 0.5) is 0 Å². The molecule has 1 rings (SSSR count). The van der Waals surface area contributed by atoms with Crippen molar-refractivity contribution in [3.63, 3.8) is 0 Å². The molecule has 0 aliphatic carbocycles. The van der Waals surface area contributed by atoms with Crippen molar-refractivity contribution in [3.8, 4) is 6.07 Å². The van der Waals surface area contributed by atoms with Gasteiger partial charge in [-0.2, -0.15) is 5.26 Å². The lowest BCUT2D eigenvalue weighted by atomic mass is 9.74. The maximum absolute atomic E-state index is 12.5. The molecule has 1 amide bonds. The lowest BCUT2D eigenvalue weighted by molar-refractivity contribution is -0.142. The molecule has 0 aliphatic rings. The maximum atomic E-state index is 12.5. The second-order valence-corrected chi connectivity index (χ2v) is 6.32. The van der Waals surface area contributed by atoms with Crippen molar-refractivity contribution in [1.82, 2.24) is 4.90 Å². The normalized spacial score (nSPS) is 11.8. The minimum Gasteiger partial charge on any atom is -0.341 e. The van der Waals surface area contributed by atoms with Gasteiger partial charge in [0.05, 0.1) is 17.0 Å². The average Bonchev–Trinajstić information content (AvgIpc) is 2.37. The predicted octanol–water partition coefficient (Wildman–Crippen LogP) is 2.28. The van der Waals surface area contributed by atoms with E-state index in [-0.39, 0.29) is 5.91 Å². The third kappa shape index (κ3) is 3.37. The zero-order valence-corrected chi connectivity index (χ0v) is 12.9. The van der Waals surface area contributed by atoms with Crippen molar-refractivity contribution in [2.75, 3.05) is 7.05 Å². The maximum Gasteiger partial charge on any atom is 0.230 e. The number of rotatable bonds is 4. The van der Waals surface area contributed by atoms with Crippen LogP contribution in [0.3, 0.4) is 0 Å². The molecule has 0 radical (unpaired) electrons. The number of carbonyl (C=O) groups is 1. The van der Waals surface area contributed by atoms with Gasteiger partial charge in [0.15, 0.2) is 0 Å². The van der Waals surface area contributed by atoms with Crippen molar-refractivity contribution in [2.45, 2.75) is 39.8 Å². The largest absolute Gasteiger partial charge is 0.341 e. The monoisotopic (exact) mass is 273 g/mol. The molecule has 0 spiro atoms. The SMILES string of the molecule is CN(Cc1ccc(C#N)cc1)C(=O)C(C)(C)C(C)(C)N. The van der Waals surface area contributed by atoms with Gasteiger partial charge in [0.2, 0.25) is 5.91 Å². The number of carbonyl (C=O) groups excluding carboxylic acids is 1. The third-order valence-corrected chi connectivity index (χ3v) is 3.99. The van der Waals surface area contributed by atoms with Crippen molar-refractivity contribution < 1.29 is 4.79 Å². The highest BCUT2D eigenvalue weighted by Gasteiger charge is 2.41. The molecule has 1 aromatic rings. The summed E-state index contributed by atoms with van der Waals surface area (Å²) in [6.45, 7) is 7.96. The summed E-state index contributed by atoms with van der Waals surface area (Å²) in [4.78, 5) is 14.2. The van der Waals surface area contributed by atoms with Gasteiger partial charge in [-0.1, -0.05) is 12.1 Å². The van der Waals surface area contributed by atoms with Gasteiger partial charge in [0.25, 0.3) is 0 Å². The first-order valence-corrected chi connectivity index (χ1v) is 6.63. The zero-order chi connectivity index (χ0) is 15.6. The van der Waals surface area contributed by atoms with Crippen LogP contribution in [0.5, 0.6) is 0 Å². The molecule has 108 valence electrons. The molecule has 0 fully saturated rings. The predicted molar refractivity (Wildman–Crippen MR) is 79.7 cm³/mol. The Morgan fingerprint density at radius 1 is 1.25 bits per heavy atom. The van der Waals surface area contributed by atoms with E-state index in [2.05, 4.69) is 6.07 Å². The molecule has 0 bridgehead atoms. The fourth-order valence-electron chi connectivity index (χ4n) is 1.78. The topological polar surface area (TPSA) is 70.1 Å². The fourth-order valence-corrected chi connectivity index (χ4v) is 1.78. The number of amides is 1. The van der Waals surface area contributed by atoms with Crippen LogP contribution in [0.2, 0.25) is 0 Å². The van der Waals surface area contributed by atoms with Gasteiger partial charge in [0.1, 0.15) is 0 Å². The van der Waals surface area contributed by atoms with Crippen LogP contribution in [-0.4, -0.2) is 23.4 Å². The highest BCUT2D eigenvalue weighted by atomic mass is 16.2. The summed E-state index contributed by atoms with van der Waals surface area (Å²) in [5.74, 6) is 0.00867. The molecule has 2 N–H and O–H groups in total. The van der Waals surface area contributed by atoms with E-state index >= 15 is 0 Å². The fraction of sp³-hybridized carbons (Fsp3) is 0.500. The Morgan fingerprint density at radius 2 is 1.75 bits per heavy atom. The van der Waals surface area contributed by atoms with Gasteiger partial charge >= 0.3 is 0 Å².